The van der Waals surface area contributed by atoms with Gasteiger partial charge in [-0.2, -0.15) is 0 Å². The lowest BCUT2D eigenvalue weighted by molar-refractivity contribution is -0.274. The normalized spacial score (nSPS) is 16.0. The zero-order chi connectivity index (χ0) is 24.5. The summed E-state index contributed by atoms with van der Waals surface area (Å²) in [5.41, 5.74) is 6.91. The highest BCUT2D eigenvalue weighted by atomic mass is 19.4. The molecular formula is C23H21F3N4O4. The van der Waals surface area contributed by atoms with Gasteiger partial charge in [-0.3, -0.25) is 9.59 Å². The van der Waals surface area contributed by atoms with Crippen molar-refractivity contribution in [2.24, 2.45) is 5.73 Å². The molecule has 0 aliphatic carbocycles. The first-order valence-electron chi connectivity index (χ1n) is 10.5. The van der Waals surface area contributed by atoms with Gasteiger partial charge in [0.2, 0.25) is 0 Å². The second-order valence-corrected chi connectivity index (χ2v) is 7.88. The molecule has 0 spiro atoms. The average Bonchev–Trinajstić information content (AvgIpc) is 3.38. The van der Waals surface area contributed by atoms with E-state index in [9.17, 15) is 27.6 Å². The fourth-order valence-corrected chi connectivity index (χ4v) is 4.15. The zero-order valence-corrected chi connectivity index (χ0v) is 17.8. The Hall–Kier alpha value is -4.02. The van der Waals surface area contributed by atoms with Crippen molar-refractivity contribution in [3.8, 4) is 5.75 Å². The summed E-state index contributed by atoms with van der Waals surface area (Å²) in [6.07, 6.45) is -2.30. The molecule has 178 valence electrons. The number of alkyl halides is 3. The molecule has 3 amide bonds. The Kier molecular flexibility index (Phi) is 6.18. The first-order valence-corrected chi connectivity index (χ1v) is 10.5. The summed E-state index contributed by atoms with van der Waals surface area (Å²) in [6, 6.07) is 10.6. The Labute approximate surface area is 192 Å². The third-order valence-electron chi connectivity index (χ3n) is 5.57. The topological polar surface area (TPSA) is 106 Å². The summed E-state index contributed by atoms with van der Waals surface area (Å²) < 4.78 is 42.9. The molecule has 8 nitrogen and oxygen atoms in total. The number of likely N-dealkylation sites (tertiary alicyclic amines) is 1. The molecule has 1 saturated heterocycles. The number of nitrogens with one attached hydrogen (secondary N) is 1. The molecule has 1 aliphatic rings. The van der Waals surface area contributed by atoms with Crippen molar-refractivity contribution in [2.75, 3.05) is 11.9 Å². The number of benzene rings is 1. The average molecular weight is 474 g/mol. The van der Waals surface area contributed by atoms with Crippen molar-refractivity contribution < 1.29 is 32.3 Å². The third kappa shape index (κ3) is 4.98. The highest BCUT2D eigenvalue weighted by Gasteiger charge is 2.35. The fourth-order valence-electron chi connectivity index (χ4n) is 4.15. The summed E-state index contributed by atoms with van der Waals surface area (Å²) in [5.74, 6) is -1.37. The quantitative estimate of drug-likeness (QED) is 0.568. The Bertz CT molecular complexity index is 1250. The number of urea groups is 1. The molecule has 1 aromatic carbocycles. The number of hydrogen-bond donors (Lipinski definition) is 2. The number of rotatable bonds is 6. The van der Waals surface area contributed by atoms with E-state index in [0.29, 0.717) is 36.2 Å². The molecule has 4 rings (SSSR count). The minimum absolute atomic E-state index is 0.148. The number of ether oxygens (including phenoxy) is 1. The van der Waals surface area contributed by atoms with Crippen LogP contribution >= 0.6 is 0 Å². The third-order valence-corrected chi connectivity index (χ3v) is 5.57. The number of fused-ring (bicyclic) bond motifs is 1. The minimum atomic E-state index is -4.83. The van der Waals surface area contributed by atoms with Crippen molar-refractivity contribution in [3.63, 3.8) is 0 Å². The van der Waals surface area contributed by atoms with Gasteiger partial charge in [0.05, 0.1) is 17.2 Å². The van der Waals surface area contributed by atoms with Gasteiger partial charge < -0.3 is 25.1 Å². The standard InChI is InChI=1S/C23H21F3N4O4/c24-23(25,26)34-15-6-3-5-14(11-15)12-20(31)18-8-4-10-30(18)22(33)28-16-13-19(21(27)32)29-9-2-1-7-17(16)29/h1-3,5-7,9,11,13,18H,4,8,10,12H2,(H2,27,32)(H,28,33)/t18-/m0/s1. The van der Waals surface area contributed by atoms with E-state index < -0.39 is 30.1 Å². The maximum atomic E-state index is 13.0. The number of pyridine rings is 1. The Balaban J connectivity index is 1.48. The maximum absolute atomic E-state index is 13.0. The molecule has 0 unspecified atom stereocenters. The number of ketones is 1. The molecular weight excluding hydrogens is 453 g/mol. The summed E-state index contributed by atoms with van der Waals surface area (Å²) in [6.45, 7) is 0.341. The van der Waals surface area contributed by atoms with Gasteiger partial charge in [0.1, 0.15) is 11.4 Å². The highest BCUT2D eigenvalue weighted by molar-refractivity contribution is 6.01. The lowest BCUT2D eigenvalue weighted by Crippen LogP contribution is -2.43. The van der Waals surface area contributed by atoms with E-state index in [1.165, 1.54) is 23.1 Å². The number of anilines is 1. The first-order chi connectivity index (χ1) is 16.1. The van der Waals surface area contributed by atoms with Crippen LogP contribution in [0.4, 0.5) is 23.7 Å². The molecule has 2 aromatic heterocycles. The number of nitrogens with zero attached hydrogens (tertiary/aromatic N) is 2. The number of primary amides is 1. The SMILES string of the molecule is NC(=O)c1cc(NC(=O)N2CCC[C@H]2C(=O)Cc2cccc(OC(F)(F)F)c2)c2ccccn12. The van der Waals surface area contributed by atoms with E-state index in [-0.39, 0.29) is 17.9 Å². The minimum Gasteiger partial charge on any atom is -0.406 e. The lowest BCUT2D eigenvalue weighted by Gasteiger charge is -2.24. The van der Waals surface area contributed by atoms with Gasteiger partial charge in [-0.25, -0.2) is 4.79 Å². The van der Waals surface area contributed by atoms with Crippen molar-refractivity contribution in [1.82, 2.24) is 9.30 Å². The van der Waals surface area contributed by atoms with Gasteiger partial charge in [0.15, 0.2) is 5.78 Å². The van der Waals surface area contributed by atoms with Gasteiger partial charge in [0.25, 0.3) is 5.91 Å². The van der Waals surface area contributed by atoms with Gasteiger partial charge in [-0.1, -0.05) is 18.2 Å². The first kappa shape index (κ1) is 23.1. The highest BCUT2D eigenvalue weighted by Crippen LogP contribution is 2.27. The van der Waals surface area contributed by atoms with Gasteiger partial charge in [0, 0.05) is 19.2 Å². The van der Waals surface area contributed by atoms with Crippen LogP contribution in [0, 0.1) is 0 Å². The van der Waals surface area contributed by atoms with Crippen LogP contribution in [0.5, 0.6) is 5.75 Å². The molecule has 1 fully saturated rings. The van der Waals surface area contributed by atoms with Crippen LogP contribution in [0.1, 0.15) is 28.9 Å². The van der Waals surface area contributed by atoms with Crippen molar-refractivity contribution in [2.45, 2.75) is 31.7 Å². The number of carbonyl (C=O) groups is 3. The maximum Gasteiger partial charge on any atom is 0.573 e. The Morgan fingerprint density at radius 3 is 2.65 bits per heavy atom. The van der Waals surface area contributed by atoms with E-state index in [0.717, 1.165) is 12.1 Å². The lowest BCUT2D eigenvalue weighted by atomic mass is 10.0. The summed E-state index contributed by atoms with van der Waals surface area (Å²) in [7, 11) is 0. The van der Waals surface area contributed by atoms with Gasteiger partial charge in [-0.05, 0) is 48.7 Å². The monoisotopic (exact) mass is 474 g/mol. The predicted molar refractivity (Wildman–Crippen MR) is 116 cm³/mol. The number of aromatic nitrogens is 1. The van der Waals surface area contributed by atoms with E-state index in [1.807, 2.05) is 0 Å². The predicted octanol–water partition coefficient (Wildman–Crippen LogP) is 3.74. The number of carbonyl (C=O) groups excluding carboxylic acids is 3. The van der Waals surface area contributed by atoms with Crippen LogP contribution in [-0.2, 0) is 11.2 Å². The second-order valence-electron chi connectivity index (χ2n) is 7.88. The van der Waals surface area contributed by atoms with Crippen LogP contribution < -0.4 is 15.8 Å². The molecule has 3 aromatic rings. The summed E-state index contributed by atoms with van der Waals surface area (Å²) in [5, 5.41) is 2.75. The zero-order valence-electron chi connectivity index (χ0n) is 17.8. The van der Waals surface area contributed by atoms with Crippen LogP contribution in [0.25, 0.3) is 5.52 Å². The fraction of sp³-hybridized carbons (Fsp3) is 0.261. The number of amides is 3. The van der Waals surface area contributed by atoms with Crippen molar-refractivity contribution >= 4 is 28.9 Å². The van der Waals surface area contributed by atoms with E-state index >= 15 is 0 Å². The number of Topliss-reactive ketones (excluding diaryl/α,β-unsaturated/α-hetero) is 1. The van der Waals surface area contributed by atoms with E-state index in [2.05, 4.69) is 10.1 Å². The summed E-state index contributed by atoms with van der Waals surface area (Å²) >= 11 is 0. The number of halogens is 3. The summed E-state index contributed by atoms with van der Waals surface area (Å²) in [4.78, 5) is 39.1. The van der Waals surface area contributed by atoms with E-state index in [4.69, 9.17) is 5.73 Å². The molecule has 3 heterocycles. The molecule has 34 heavy (non-hydrogen) atoms. The molecule has 0 bridgehead atoms. The smallest absolute Gasteiger partial charge is 0.406 e. The molecule has 11 heteroatoms. The largest absolute Gasteiger partial charge is 0.573 e. The Morgan fingerprint density at radius 2 is 1.91 bits per heavy atom. The molecule has 0 saturated carbocycles. The van der Waals surface area contributed by atoms with Crippen LogP contribution in [0.3, 0.4) is 0 Å². The van der Waals surface area contributed by atoms with Crippen molar-refractivity contribution in [1.29, 1.82) is 0 Å². The van der Waals surface area contributed by atoms with Gasteiger partial charge in [-0.15, -0.1) is 13.2 Å². The molecule has 1 atom stereocenters. The van der Waals surface area contributed by atoms with Gasteiger partial charge >= 0.3 is 12.4 Å². The van der Waals surface area contributed by atoms with E-state index in [1.54, 1.807) is 28.8 Å². The van der Waals surface area contributed by atoms with Crippen LogP contribution in [-0.4, -0.2) is 46.0 Å². The van der Waals surface area contributed by atoms with Crippen LogP contribution in [0.2, 0.25) is 0 Å². The number of hydrogen-bond acceptors (Lipinski definition) is 4. The number of nitrogens with two attached hydrogens (primary N) is 1. The molecule has 0 radical (unpaired) electrons. The van der Waals surface area contributed by atoms with Crippen molar-refractivity contribution in [3.05, 3.63) is 66.0 Å². The van der Waals surface area contributed by atoms with Crippen LogP contribution in [0.15, 0.2) is 54.7 Å². The molecule has 1 aliphatic heterocycles. The Morgan fingerprint density at radius 1 is 1.12 bits per heavy atom. The second kappa shape index (κ2) is 9.08. The molecule has 3 N–H and O–H groups in total.